The number of nitro benzene ring substituents is 1. The molecule has 0 saturated carbocycles. The first-order valence-corrected chi connectivity index (χ1v) is 8.19. The van der Waals surface area contributed by atoms with Gasteiger partial charge >= 0.3 is 0 Å². The summed E-state index contributed by atoms with van der Waals surface area (Å²) in [5.74, 6) is -1.83. The number of rotatable bonds is 5. The van der Waals surface area contributed by atoms with Gasteiger partial charge in [0.1, 0.15) is 11.5 Å². The van der Waals surface area contributed by atoms with Crippen molar-refractivity contribution in [2.75, 3.05) is 0 Å². The molecule has 0 unspecified atom stereocenters. The molecule has 2 aromatic rings. The number of non-ortho nitro benzene ring substituents is 1. The monoisotopic (exact) mass is 345 g/mol. The third kappa shape index (κ3) is 3.71. The molecule has 116 valence electrons. The maximum atomic E-state index is 14.0. The van der Waals surface area contributed by atoms with E-state index in [1.807, 2.05) is 0 Å². The summed E-state index contributed by atoms with van der Waals surface area (Å²) in [6.07, 6.45) is 0. The molecule has 0 radical (unpaired) electrons. The van der Waals surface area contributed by atoms with E-state index >= 15 is 0 Å². The van der Waals surface area contributed by atoms with E-state index in [0.29, 0.717) is 17.7 Å². The molecule has 0 aromatic heterocycles. The second-order valence-electron chi connectivity index (χ2n) is 4.22. The lowest BCUT2D eigenvalue weighted by molar-refractivity contribution is -0.385. The summed E-state index contributed by atoms with van der Waals surface area (Å²) in [5, 5.41) is 10.7. The second kappa shape index (κ2) is 6.29. The number of halogens is 2. The average Bonchev–Trinajstić information content (AvgIpc) is 2.45. The van der Waals surface area contributed by atoms with Crippen LogP contribution in [0.4, 0.5) is 10.1 Å². The van der Waals surface area contributed by atoms with E-state index in [1.165, 1.54) is 0 Å². The normalized spacial score (nSPS) is 11.2. The lowest BCUT2D eigenvalue weighted by Crippen LogP contribution is -2.04. The highest BCUT2D eigenvalue weighted by molar-refractivity contribution is 8.13. The SMILES string of the molecule is O=[N+]([O-])c1cc(F)c(OCc2ccccc2)c(S(=O)(=O)Cl)c1. The quantitative estimate of drug-likeness (QED) is 0.471. The second-order valence-corrected chi connectivity index (χ2v) is 6.76. The minimum atomic E-state index is -4.41. The van der Waals surface area contributed by atoms with E-state index in [-0.39, 0.29) is 6.61 Å². The van der Waals surface area contributed by atoms with E-state index in [1.54, 1.807) is 30.3 Å². The van der Waals surface area contributed by atoms with Gasteiger partial charge in [0.15, 0.2) is 11.6 Å². The molecule has 2 aromatic carbocycles. The molecule has 0 amide bonds. The molecule has 2 rings (SSSR count). The van der Waals surface area contributed by atoms with Gasteiger partial charge < -0.3 is 4.74 Å². The van der Waals surface area contributed by atoms with Gasteiger partial charge in [-0.1, -0.05) is 30.3 Å². The zero-order chi connectivity index (χ0) is 16.3. The molecule has 0 aliphatic carbocycles. The third-order valence-electron chi connectivity index (χ3n) is 2.69. The first kappa shape index (κ1) is 16.2. The molecule has 9 heteroatoms. The summed E-state index contributed by atoms with van der Waals surface area (Å²) in [6, 6.07) is 9.84. The van der Waals surface area contributed by atoms with Crippen LogP contribution in [-0.4, -0.2) is 13.3 Å². The predicted octanol–water partition coefficient (Wildman–Crippen LogP) is 3.24. The van der Waals surface area contributed by atoms with Crippen LogP contribution >= 0.6 is 10.7 Å². The van der Waals surface area contributed by atoms with Crippen LogP contribution in [0.3, 0.4) is 0 Å². The van der Waals surface area contributed by atoms with Crippen molar-refractivity contribution in [2.45, 2.75) is 11.5 Å². The van der Waals surface area contributed by atoms with Crippen LogP contribution in [0.1, 0.15) is 5.56 Å². The Morgan fingerprint density at radius 3 is 2.41 bits per heavy atom. The highest BCUT2D eigenvalue weighted by Gasteiger charge is 2.25. The van der Waals surface area contributed by atoms with Crippen molar-refractivity contribution in [3.63, 3.8) is 0 Å². The zero-order valence-corrected chi connectivity index (χ0v) is 12.5. The molecule has 0 saturated heterocycles. The molecule has 0 atom stereocenters. The molecule has 0 aliphatic heterocycles. The van der Waals surface area contributed by atoms with Gasteiger partial charge in [-0.05, 0) is 5.56 Å². The van der Waals surface area contributed by atoms with Crippen LogP contribution in [0.2, 0.25) is 0 Å². The Hall–Kier alpha value is -2.19. The van der Waals surface area contributed by atoms with Crippen LogP contribution in [0.5, 0.6) is 5.75 Å². The molecule has 0 bridgehead atoms. The summed E-state index contributed by atoms with van der Waals surface area (Å²) < 4.78 is 42.1. The summed E-state index contributed by atoms with van der Waals surface area (Å²) in [7, 11) is 0.783. The van der Waals surface area contributed by atoms with Crippen LogP contribution in [0.15, 0.2) is 47.4 Å². The first-order chi connectivity index (χ1) is 10.3. The Morgan fingerprint density at radius 1 is 1.23 bits per heavy atom. The van der Waals surface area contributed by atoms with E-state index in [9.17, 15) is 22.9 Å². The van der Waals surface area contributed by atoms with Gasteiger partial charge in [-0.25, -0.2) is 12.8 Å². The maximum absolute atomic E-state index is 14.0. The molecule has 6 nitrogen and oxygen atoms in total. The van der Waals surface area contributed by atoms with Gasteiger partial charge in [0.05, 0.1) is 11.0 Å². The number of nitro groups is 1. The zero-order valence-electron chi connectivity index (χ0n) is 10.9. The molecule has 0 heterocycles. The van der Waals surface area contributed by atoms with Crippen LogP contribution in [-0.2, 0) is 15.7 Å². The fourth-order valence-corrected chi connectivity index (χ4v) is 2.69. The lowest BCUT2D eigenvalue weighted by atomic mass is 10.2. The molecule has 0 spiro atoms. The topological polar surface area (TPSA) is 86.5 Å². The van der Waals surface area contributed by atoms with Gasteiger partial charge in [-0.2, -0.15) is 0 Å². The Morgan fingerprint density at radius 2 is 1.86 bits per heavy atom. The number of nitrogens with zero attached hydrogens (tertiary/aromatic N) is 1. The first-order valence-electron chi connectivity index (χ1n) is 5.88. The summed E-state index contributed by atoms with van der Waals surface area (Å²) in [6.45, 7) is -0.116. The summed E-state index contributed by atoms with van der Waals surface area (Å²) in [5.41, 5.74) is -0.0676. The number of benzene rings is 2. The molecule has 0 N–H and O–H groups in total. The lowest BCUT2D eigenvalue weighted by Gasteiger charge is -2.10. The molecular weight excluding hydrogens is 337 g/mol. The molecule has 22 heavy (non-hydrogen) atoms. The Balaban J connectivity index is 2.43. The fourth-order valence-electron chi connectivity index (χ4n) is 1.71. The van der Waals surface area contributed by atoms with E-state index in [2.05, 4.69) is 0 Å². The number of ether oxygens (including phenoxy) is 1. The number of hydrogen-bond acceptors (Lipinski definition) is 5. The van der Waals surface area contributed by atoms with Gasteiger partial charge in [0.2, 0.25) is 0 Å². The van der Waals surface area contributed by atoms with E-state index < -0.39 is 36.1 Å². The minimum Gasteiger partial charge on any atom is -0.484 e. The van der Waals surface area contributed by atoms with Crippen molar-refractivity contribution in [3.8, 4) is 5.75 Å². The Kier molecular flexibility index (Phi) is 4.62. The standard InChI is InChI=1S/C13H9ClFNO5S/c14-22(19,20)12-7-10(16(17)18)6-11(15)13(12)21-8-9-4-2-1-3-5-9/h1-7H,8H2. The van der Waals surface area contributed by atoms with Crippen molar-refractivity contribution < 1.29 is 22.5 Å². The van der Waals surface area contributed by atoms with Gasteiger partial charge in [0.25, 0.3) is 14.7 Å². The predicted molar refractivity (Wildman–Crippen MR) is 76.9 cm³/mol. The van der Waals surface area contributed by atoms with Crippen molar-refractivity contribution >= 4 is 25.4 Å². The molecular formula is C13H9ClFNO5S. The van der Waals surface area contributed by atoms with Crippen molar-refractivity contribution in [2.24, 2.45) is 0 Å². The Bertz CT molecular complexity index is 811. The summed E-state index contributed by atoms with van der Waals surface area (Å²) in [4.78, 5) is 8.98. The smallest absolute Gasteiger partial charge is 0.273 e. The highest BCUT2D eigenvalue weighted by atomic mass is 35.7. The van der Waals surface area contributed by atoms with E-state index in [0.717, 1.165) is 0 Å². The maximum Gasteiger partial charge on any atom is 0.273 e. The average molecular weight is 346 g/mol. The molecule has 0 fully saturated rings. The van der Waals surface area contributed by atoms with Crippen LogP contribution in [0.25, 0.3) is 0 Å². The van der Waals surface area contributed by atoms with Crippen LogP contribution < -0.4 is 4.74 Å². The van der Waals surface area contributed by atoms with Gasteiger partial charge in [-0.15, -0.1) is 0 Å². The largest absolute Gasteiger partial charge is 0.484 e. The summed E-state index contributed by atoms with van der Waals surface area (Å²) >= 11 is 0. The van der Waals surface area contributed by atoms with Crippen LogP contribution in [0, 0.1) is 15.9 Å². The molecule has 0 aliphatic rings. The number of hydrogen-bond donors (Lipinski definition) is 0. The third-order valence-corrected chi connectivity index (χ3v) is 4.02. The van der Waals surface area contributed by atoms with Crippen molar-refractivity contribution in [3.05, 3.63) is 64.0 Å². The minimum absolute atomic E-state index is 0.116. The Labute approximate surface area is 129 Å². The van der Waals surface area contributed by atoms with Gasteiger partial charge in [-0.3, -0.25) is 10.1 Å². The van der Waals surface area contributed by atoms with Crippen molar-refractivity contribution in [1.29, 1.82) is 0 Å². The fraction of sp³-hybridized carbons (Fsp3) is 0.0769. The van der Waals surface area contributed by atoms with E-state index in [4.69, 9.17) is 15.4 Å². The highest BCUT2D eigenvalue weighted by Crippen LogP contribution is 2.34. The van der Waals surface area contributed by atoms with Gasteiger partial charge in [0, 0.05) is 16.7 Å². The van der Waals surface area contributed by atoms with Crippen molar-refractivity contribution in [1.82, 2.24) is 0 Å².